The zero-order valence-electron chi connectivity index (χ0n) is 13.0. The highest BCUT2D eigenvalue weighted by Gasteiger charge is 2.26. The lowest BCUT2D eigenvalue weighted by molar-refractivity contribution is 0.307. The molecule has 1 N–H and O–H groups in total. The zero-order chi connectivity index (χ0) is 17.1. The Labute approximate surface area is 154 Å². The molecule has 0 aliphatic carbocycles. The Kier molecular flexibility index (Phi) is 5.28. The lowest BCUT2D eigenvalue weighted by Crippen LogP contribution is -2.23. The van der Waals surface area contributed by atoms with Gasteiger partial charge in [0, 0.05) is 24.6 Å². The fraction of sp³-hybridized carbons (Fsp3) is 0.176. The van der Waals surface area contributed by atoms with Gasteiger partial charge in [0.1, 0.15) is 0 Å². The molecule has 124 valence electrons. The van der Waals surface area contributed by atoms with Crippen molar-refractivity contribution in [3.05, 3.63) is 70.0 Å². The van der Waals surface area contributed by atoms with Gasteiger partial charge in [-0.1, -0.05) is 66.3 Å². The molecule has 7 heteroatoms. The Hall–Kier alpha value is -1.76. The maximum Gasteiger partial charge on any atom is 0.200 e. The molecule has 1 aromatic heterocycles. The van der Waals surface area contributed by atoms with Gasteiger partial charge in [-0.15, -0.1) is 11.3 Å². The summed E-state index contributed by atoms with van der Waals surface area (Å²) in [5, 5.41) is 11.4. The fourth-order valence-corrected chi connectivity index (χ4v) is 4.48. The maximum atomic E-state index is 10.7. The number of thiazole rings is 1. The summed E-state index contributed by atoms with van der Waals surface area (Å²) in [6, 6.07) is 9.69. The molecule has 2 heterocycles. The number of aliphatic hydroxyl groups is 1. The van der Waals surface area contributed by atoms with Crippen LogP contribution in [0.5, 0.6) is 0 Å². The average Bonchev–Trinajstić information content (AvgIpc) is 3.24. The Bertz CT molecular complexity index is 801. The van der Waals surface area contributed by atoms with Crippen molar-refractivity contribution in [1.82, 2.24) is 9.88 Å². The van der Waals surface area contributed by atoms with Crippen LogP contribution >= 0.6 is 34.7 Å². The van der Waals surface area contributed by atoms with Crippen molar-refractivity contribution in [3.63, 3.8) is 0 Å². The summed E-state index contributed by atoms with van der Waals surface area (Å²) in [6.07, 6.45) is 3.42. The monoisotopic (exact) mass is 377 g/mol. The minimum absolute atomic E-state index is 0.0224. The molecule has 0 saturated carbocycles. The third-order valence-electron chi connectivity index (χ3n) is 3.59. The number of aromatic nitrogens is 1. The molecule has 3 rings (SSSR count). The number of amidine groups is 1. The van der Waals surface area contributed by atoms with Crippen molar-refractivity contribution in [3.8, 4) is 0 Å². The maximum absolute atomic E-state index is 10.7. The summed E-state index contributed by atoms with van der Waals surface area (Å²) in [6.45, 7) is 3.82. The molecule has 0 amide bonds. The van der Waals surface area contributed by atoms with Gasteiger partial charge in [-0.2, -0.15) is 0 Å². The number of benzene rings is 1. The van der Waals surface area contributed by atoms with Crippen molar-refractivity contribution in [2.45, 2.75) is 6.04 Å². The van der Waals surface area contributed by atoms with E-state index in [-0.39, 0.29) is 11.9 Å². The zero-order valence-corrected chi connectivity index (χ0v) is 15.4. The first-order valence-corrected chi connectivity index (χ1v) is 9.44. The van der Waals surface area contributed by atoms with Gasteiger partial charge in [-0.3, -0.25) is 9.89 Å². The number of hydrogen-bond acceptors (Lipinski definition) is 6. The number of hydrogen-bond donors (Lipinski definition) is 1. The molecule has 2 aromatic rings. The minimum atomic E-state index is 0.0224. The normalized spacial score (nSPS) is 18.1. The first kappa shape index (κ1) is 17.1. The number of nitrogens with zero attached hydrogens (tertiary/aromatic N) is 3. The second kappa shape index (κ2) is 7.42. The lowest BCUT2D eigenvalue weighted by atomic mass is 10.1. The van der Waals surface area contributed by atoms with Crippen molar-refractivity contribution in [2.24, 2.45) is 4.99 Å². The molecule has 0 bridgehead atoms. The second-order valence-electron chi connectivity index (χ2n) is 5.12. The van der Waals surface area contributed by atoms with Crippen LogP contribution in [0.1, 0.15) is 16.5 Å². The van der Waals surface area contributed by atoms with Gasteiger partial charge in [0.2, 0.25) is 5.88 Å². The van der Waals surface area contributed by atoms with Crippen LogP contribution < -0.4 is 0 Å². The average molecular weight is 378 g/mol. The van der Waals surface area contributed by atoms with Gasteiger partial charge in [0.25, 0.3) is 0 Å². The van der Waals surface area contributed by atoms with E-state index in [4.69, 9.17) is 16.6 Å². The van der Waals surface area contributed by atoms with E-state index >= 15 is 0 Å². The molecule has 1 atom stereocenters. The van der Waals surface area contributed by atoms with E-state index in [1.54, 1.807) is 36.0 Å². The summed E-state index contributed by atoms with van der Waals surface area (Å²) < 4.78 is 0.521. The number of aliphatic hydroxyl groups excluding tert-OH is 1. The molecule has 1 aromatic carbocycles. The smallest absolute Gasteiger partial charge is 0.200 e. The van der Waals surface area contributed by atoms with E-state index in [2.05, 4.69) is 11.6 Å². The third-order valence-corrected chi connectivity index (χ3v) is 5.93. The van der Waals surface area contributed by atoms with Crippen LogP contribution in [0.25, 0.3) is 5.57 Å². The highest BCUT2D eigenvalue weighted by molar-refractivity contribution is 8.14. The van der Waals surface area contributed by atoms with Crippen LogP contribution in [0.3, 0.4) is 0 Å². The molecule has 0 spiro atoms. The van der Waals surface area contributed by atoms with E-state index in [0.29, 0.717) is 10.0 Å². The van der Waals surface area contributed by atoms with Gasteiger partial charge < -0.3 is 5.11 Å². The highest BCUT2D eigenvalue weighted by atomic mass is 35.5. The molecule has 1 unspecified atom stereocenters. The molecular formula is C17H16ClN3OS2. The number of rotatable bonds is 4. The number of allylic oxidation sites excluding steroid dienone is 2. The Morgan fingerprint density at radius 1 is 1.42 bits per heavy atom. The summed E-state index contributed by atoms with van der Waals surface area (Å²) in [7, 11) is 1.80. The van der Waals surface area contributed by atoms with Gasteiger partial charge >= 0.3 is 0 Å². The van der Waals surface area contributed by atoms with Gasteiger partial charge in [-0.25, -0.2) is 4.98 Å². The first-order valence-electron chi connectivity index (χ1n) is 7.26. The predicted molar refractivity (Wildman–Crippen MR) is 104 cm³/mol. The lowest BCUT2D eigenvalue weighted by Gasteiger charge is -2.19. The van der Waals surface area contributed by atoms with Crippen molar-refractivity contribution in [1.29, 1.82) is 0 Å². The van der Waals surface area contributed by atoms with Crippen molar-refractivity contribution < 1.29 is 5.11 Å². The molecule has 1 aliphatic heterocycles. The molecule has 0 fully saturated rings. The SMILES string of the molecule is C=C/C(=C(/O)N(C)C1=NC(c2cnc(Cl)s2)CS1)c1ccccc1. The molecule has 1 aliphatic rings. The quantitative estimate of drug-likeness (QED) is 0.602. The molecule has 24 heavy (non-hydrogen) atoms. The summed E-state index contributed by atoms with van der Waals surface area (Å²) in [5.41, 5.74) is 1.58. The Morgan fingerprint density at radius 2 is 2.17 bits per heavy atom. The summed E-state index contributed by atoms with van der Waals surface area (Å²) in [5.74, 6) is 0.936. The standard InChI is InChI=1S/C17H16ClN3OS2/c1-3-12(11-7-5-4-6-8-11)15(22)21(2)17-20-13(10-23-17)14-9-19-16(18)24-14/h3-9,13,22H,1,10H2,2H3/b15-12-. The van der Waals surface area contributed by atoms with Crippen LogP contribution in [0.15, 0.2) is 60.1 Å². The number of aliphatic imine (C=N–C) groups is 1. The van der Waals surface area contributed by atoms with Gasteiger partial charge in [-0.05, 0) is 5.56 Å². The fourth-order valence-electron chi connectivity index (χ4n) is 2.34. The molecule has 0 saturated heterocycles. The van der Waals surface area contributed by atoms with E-state index < -0.39 is 0 Å². The number of thioether (sulfide) groups is 1. The first-order chi connectivity index (χ1) is 11.6. The van der Waals surface area contributed by atoms with Crippen LogP contribution in [0, 0.1) is 0 Å². The highest BCUT2D eigenvalue weighted by Crippen LogP contribution is 2.36. The van der Waals surface area contributed by atoms with E-state index in [9.17, 15) is 5.11 Å². The van der Waals surface area contributed by atoms with Crippen LogP contribution in [0.4, 0.5) is 0 Å². The van der Waals surface area contributed by atoms with E-state index in [1.807, 2.05) is 30.3 Å². The topological polar surface area (TPSA) is 48.7 Å². The third kappa shape index (κ3) is 3.50. The molecule has 0 radical (unpaired) electrons. The van der Waals surface area contributed by atoms with Crippen LogP contribution in [-0.2, 0) is 0 Å². The van der Waals surface area contributed by atoms with Crippen molar-refractivity contribution >= 4 is 45.4 Å². The van der Waals surface area contributed by atoms with Crippen LogP contribution in [0.2, 0.25) is 4.47 Å². The predicted octanol–water partition coefficient (Wildman–Crippen LogP) is 4.99. The van der Waals surface area contributed by atoms with E-state index in [1.165, 1.54) is 11.3 Å². The van der Waals surface area contributed by atoms with E-state index in [0.717, 1.165) is 21.4 Å². The van der Waals surface area contributed by atoms with Crippen LogP contribution in [-0.4, -0.2) is 33.0 Å². The van der Waals surface area contributed by atoms with Gasteiger partial charge in [0.15, 0.2) is 9.63 Å². The van der Waals surface area contributed by atoms with Gasteiger partial charge in [0.05, 0.1) is 10.9 Å². The summed E-state index contributed by atoms with van der Waals surface area (Å²) in [4.78, 5) is 11.5. The number of halogens is 1. The largest absolute Gasteiger partial charge is 0.494 e. The molecular weight excluding hydrogens is 362 g/mol. The minimum Gasteiger partial charge on any atom is -0.494 e. The second-order valence-corrected chi connectivity index (χ2v) is 7.75. The Morgan fingerprint density at radius 3 is 2.79 bits per heavy atom. The Balaban J connectivity index is 1.86. The van der Waals surface area contributed by atoms with Crippen molar-refractivity contribution in [2.75, 3.05) is 12.8 Å². The summed E-state index contributed by atoms with van der Waals surface area (Å²) >= 11 is 8.94. The molecule has 4 nitrogen and oxygen atoms in total.